The van der Waals surface area contributed by atoms with Gasteiger partial charge in [0.15, 0.2) is 0 Å². The normalized spacial score (nSPS) is 12.5. The molecule has 43 heavy (non-hydrogen) atoms. The fourth-order valence-corrected chi connectivity index (χ4v) is 3.55. The largest absolute Gasteiger partial charge is 0.494 e. The zero-order valence-corrected chi connectivity index (χ0v) is 27.3. The van der Waals surface area contributed by atoms with E-state index in [4.69, 9.17) is 29.4 Å². The molecule has 1 aliphatic rings. The van der Waals surface area contributed by atoms with Crippen LogP contribution in [0.5, 0.6) is 5.75 Å². The molecule has 0 saturated heterocycles. The smallest absolute Gasteiger partial charge is 0.407 e. The topological polar surface area (TPSA) is 148 Å². The highest BCUT2D eigenvalue weighted by atomic mass is 16.6. The number of aryl methyl sites for hydroxylation is 1. The van der Waals surface area contributed by atoms with Crippen LogP contribution in [0.4, 0.5) is 4.79 Å². The van der Waals surface area contributed by atoms with Crippen molar-refractivity contribution in [2.24, 2.45) is 5.73 Å². The van der Waals surface area contributed by atoms with Gasteiger partial charge in [-0.05, 0) is 56.9 Å². The molecule has 3 N–H and O–H groups in total. The molecule has 1 heterocycles. The van der Waals surface area contributed by atoms with Crippen LogP contribution in [-0.2, 0) is 46.2 Å². The molecule has 2 rings (SSSR count). The van der Waals surface area contributed by atoms with Crippen molar-refractivity contribution in [3.8, 4) is 5.75 Å². The second kappa shape index (κ2) is 24.5. The molecule has 0 atom stereocenters. The lowest BCUT2D eigenvalue weighted by Crippen LogP contribution is -2.33. The number of ether oxygens (including phenoxy) is 6. The molecular formula is C31H55N3O9. The third-order valence-corrected chi connectivity index (χ3v) is 5.56. The predicted molar refractivity (Wildman–Crippen MR) is 165 cm³/mol. The van der Waals surface area contributed by atoms with E-state index in [2.05, 4.69) is 10.1 Å². The summed E-state index contributed by atoms with van der Waals surface area (Å²) >= 11 is 0. The number of carbonyl (C=O) groups excluding carboxylic acids is 3. The fraction of sp³-hybridized carbons (Fsp3) is 0.710. The summed E-state index contributed by atoms with van der Waals surface area (Å²) in [6, 6.07) is 5.97. The minimum atomic E-state index is -0.515. The first-order valence-electron chi connectivity index (χ1n) is 15.0. The van der Waals surface area contributed by atoms with Gasteiger partial charge in [0, 0.05) is 39.5 Å². The number of methoxy groups -OCH3 is 1. The maximum atomic E-state index is 12.6. The average Bonchev–Trinajstić information content (AvgIpc) is 3.12. The summed E-state index contributed by atoms with van der Waals surface area (Å²) in [7, 11) is 1.35. The van der Waals surface area contributed by atoms with Gasteiger partial charge >= 0.3 is 12.1 Å². The minimum Gasteiger partial charge on any atom is -0.494 e. The molecule has 2 amide bonds. The van der Waals surface area contributed by atoms with Gasteiger partial charge < -0.3 is 44.4 Å². The van der Waals surface area contributed by atoms with Crippen LogP contribution in [-0.4, -0.2) is 101 Å². The second-order valence-electron chi connectivity index (χ2n) is 10.2. The van der Waals surface area contributed by atoms with Crippen molar-refractivity contribution >= 4 is 18.0 Å². The molecule has 0 saturated carbocycles. The molecule has 1 aromatic rings. The molecule has 1 aliphatic heterocycles. The van der Waals surface area contributed by atoms with Crippen LogP contribution in [0.3, 0.4) is 0 Å². The Kier molecular flexibility index (Phi) is 22.8. The monoisotopic (exact) mass is 613 g/mol. The van der Waals surface area contributed by atoms with Crippen molar-refractivity contribution in [2.45, 2.75) is 73.0 Å². The van der Waals surface area contributed by atoms with Gasteiger partial charge in [-0.25, -0.2) is 4.79 Å². The number of rotatable bonds is 16. The van der Waals surface area contributed by atoms with Gasteiger partial charge in [-0.1, -0.05) is 19.9 Å². The number of nitrogens with one attached hydrogen (secondary N) is 1. The molecule has 0 aromatic heterocycles. The standard InChI is InChI=1S/C26H43N3O7.C3H6O2.C2H6/c1-26(2,3)36-25(31)28-10-4-12-35-23-7-5-21-6-8-24(30)29(20-22(21)19-23)11-14-33-16-18-34-17-15-32-13-9-27;1-3(4)5-2;1-2/h5,7,19H,4,6,8-18,20,27H2,1-3H3,(H,28,31);1-2H3;1-2H3. The Morgan fingerprint density at radius 1 is 0.930 bits per heavy atom. The van der Waals surface area contributed by atoms with Gasteiger partial charge in [0.05, 0.1) is 53.4 Å². The number of alkyl carbamates (subject to hydrolysis) is 1. The average molecular weight is 614 g/mol. The minimum absolute atomic E-state index is 0.124. The number of fused-ring (bicyclic) bond motifs is 1. The van der Waals surface area contributed by atoms with Crippen molar-refractivity contribution in [2.75, 3.05) is 73.0 Å². The number of nitrogens with zero attached hydrogens (tertiary/aromatic N) is 1. The Morgan fingerprint density at radius 2 is 1.53 bits per heavy atom. The number of nitrogens with two attached hydrogens (primary N) is 1. The van der Waals surface area contributed by atoms with Crippen LogP contribution < -0.4 is 15.8 Å². The highest BCUT2D eigenvalue weighted by Gasteiger charge is 2.21. The van der Waals surface area contributed by atoms with Crippen LogP contribution in [0.1, 0.15) is 65.5 Å². The summed E-state index contributed by atoms with van der Waals surface area (Å²) in [6.07, 6.45) is 1.42. The van der Waals surface area contributed by atoms with Gasteiger partial charge in [-0.3, -0.25) is 9.59 Å². The Bertz CT molecular complexity index is 907. The van der Waals surface area contributed by atoms with E-state index in [1.54, 1.807) is 0 Å². The van der Waals surface area contributed by atoms with Gasteiger partial charge in [0.2, 0.25) is 5.91 Å². The fourth-order valence-electron chi connectivity index (χ4n) is 3.55. The highest BCUT2D eigenvalue weighted by molar-refractivity contribution is 5.77. The van der Waals surface area contributed by atoms with Crippen molar-refractivity contribution in [3.05, 3.63) is 29.3 Å². The van der Waals surface area contributed by atoms with Crippen molar-refractivity contribution in [3.63, 3.8) is 0 Å². The zero-order chi connectivity index (χ0) is 32.5. The van der Waals surface area contributed by atoms with Gasteiger partial charge in [-0.2, -0.15) is 0 Å². The SMILES string of the molecule is CC.CC(C)(C)OC(=O)NCCCOc1ccc2c(c1)CN(CCOCCOCCOCCN)C(=O)CC2.COC(C)=O. The Morgan fingerprint density at radius 3 is 2.12 bits per heavy atom. The Balaban J connectivity index is 0.00000227. The Hall–Kier alpha value is -2.93. The Labute approximate surface area is 257 Å². The summed E-state index contributed by atoms with van der Waals surface area (Å²) in [6.45, 7) is 16.3. The molecule has 1 aromatic carbocycles. The van der Waals surface area contributed by atoms with E-state index in [1.165, 1.54) is 14.0 Å². The van der Waals surface area contributed by atoms with Crippen LogP contribution >= 0.6 is 0 Å². The highest BCUT2D eigenvalue weighted by Crippen LogP contribution is 2.24. The van der Waals surface area contributed by atoms with E-state index < -0.39 is 11.7 Å². The van der Waals surface area contributed by atoms with E-state index in [-0.39, 0.29) is 11.9 Å². The molecular weight excluding hydrogens is 558 g/mol. The maximum absolute atomic E-state index is 12.6. The van der Waals surface area contributed by atoms with Crippen LogP contribution in [0.25, 0.3) is 0 Å². The number of hydrogen-bond acceptors (Lipinski definition) is 10. The first kappa shape index (κ1) is 40.1. The number of hydrogen-bond donors (Lipinski definition) is 2. The van der Waals surface area contributed by atoms with E-state index in [0.717, 1.165) is 16.9 Å². The third kappa shape index (κ3) is 21.4. The van der Waals surface area contributed by atoms with E-state index >= 15 is 0 Å². The van der Waals surface area contributed by atoms with Crippen LogP contribution in [0.2, 0.25) is 0 Å². The quantitative estimate of drug-likeness (QED) is 0.210. The van der Waals surface area contributed by atoms with Crippen molar-refractivity contribution < 1.29 is 42.8 Å². The number of amides is 2. The van der Waals surface area contributed by atoms with E-state index in [9.17, 15) is 14.4 Å². The second-order valence-corrected chi connectivity index (χ2v) is 10.2. The first-order chi connectivity index (χ1) is 20.6. The summed E-state index contributed by atoms with van der Waals surface area (Å²) in [4.78, 5) is 35.7. The molecule has 0 radical (unpaired) electrons. The molecule has 0 fully saturated rings. The summed E-state index contributed by atoms with van der Waals surface area (Å²) in [5, 5.41) is 2.73. The molecule has 248 valence electrons. The summed E-state index contributed by atoms with van der Waals surface area (Å²) in [5.41, 5.74) is 7.09. The predicted octanol–water partition coefficient (Wildman–Crippen LogP) is 3.47. The lowest BCUT2D eigenvalue weighted by Gasteiger charge is -2.21. The molecule has 0 aliphatic carbocycles. The summed E-state index contributed by atoms with van der Waals surface area (Å²) < 4.78 is 31.5. The number of carbonyl (C=O) groups is 3. The van der Waals surface area contributed by atoms with Gasteiger partial charge in [0.1, 0.15) is 11.4 Å². The lowest BCUT2D eigenvalue weighted by atomic mass is 10.0. The molecule has 0 unspecified atom stereocenters. The van der Waals surface area contributed by atoms with Crippen molar-refractivity contribution in [1.82, 2.24) is 10.2 Å². The molecule has 12 nitrogen and oxygen atoms in total. The van der Waals surface area contributed by atoms with Gasteiger partial charge in [0.25, 0.3) is 0 Å². The van der Waals surface area contributed by atoms with E-state index in [0.29, 0.717) is 91.7 Å². The molecule has 0 bridgehead atoms. The van der Waals surface area contributed by atoms with Gasteiger partial charge in [-0.15, -0.1) is 0 Å². The first-order valence-corrected chi connectivity index (χ1v) is 15.0. The van der Waals surface area contributed by atoms with Crippen molar-refractivity contribution in [1.29, 1.82) is 0 Å². The van der Waals surface area contributed by atoms with Crippen LogP contribution in [0.15, 0.2) is 18.2 Å². The number of benzene rings is 1. The third-order valence-electron chi connectivity index (χ3n) is 5.56. The maximum Gasteiger partial charge on any atom is 0.407 e. The number of esters is 1. The van der Waals surface area contributed by atoms with E-state index in [1.807, 2.05) is 57.7 Å². The zero-order valence-electron chi connectivity index (χ0n) is 27.3. The molecule has 0 spiro atoms. The summed E-state index contributed by atoms with van der Waals surface area (Å²) in [5.74, 6) is 0.632. The van der Waals surface area contributed by atoms with Crippen LogP contribution in [0, 0.1) is 0 Å². The lowest BCUT2D eigenvalue weighted by molar-refractivity contribution is -0.138. The molecule has 12 heteroatoms.